The lowest BCUT2D eigenvalue weighted by atomic mass is 10.2. The van der Waals surface area contributed by atoms with Gasteiger partial charge in [0.15, 0.2) is 0 Å². The van der Waals surface area contributed by atoms with Crippen molar-refractivity contribution in [3.8, 4) is 11.5 Å². The van der Waals surface area contributed by atoms with E-state index in [1.54, 1.807) is 36.4 Å². The van der Waals surface area contributed by atoms with Gasteiger partial charge in [-0.2, -0.15) is 0 Å². The molecule has 1 aliphatic rings. The lowest BCUT2D eigenvalue weighted by Crippen LogP contribution is -2.38. The van der Waals surface area contributed by atoms with Gasteiger partial charge in [0.05, 0.1) is 7.11 Å². The first-order chi connectivity index (χ1) is 13.0. The standard InChI is InChI=1S/C19H17N3O5/c1-27-15-8-4-13(5-9-15)20-17(24)11-22-18(25)16(21-19(22)26)10-12-2-6-14(23)7-3-12/h2-10,23H,11H2,1H3,(H,20,24)(H,21,26)/b16-10-. The Kier molecular flexibility index (Phi) is 5.07. The Balaban J connectivity index is 1.65. The van der Waals surface area contributed by atoms with Gasteiger partial charge in [0.1, 0.15) is 23.7 Å². The molecule has 0 unspecified atom stereocenters. The van der Waals surface area contributed by atoms with Gasteiger partial charge in [-0.25, -0.2) is 9.69 Å². The molecule has 2 aromatic carbocycles. The Hall–Kier alpha value is -3.81. The number of methoxy groups -OCH3 is 1. The summed E-state index contributed by atoms with van der Waals surface area (Å²) in [5.74, 6) is -0.366. The van der Waals surface area contributed by atoms with Gasteiger partial charge in [0.25, 0.3) is 5.91 Å². The third kappa shape index (κ3) is 4.24. The number of rotatable bonds is 5. The number of aromatic hydroxyl groups is 1. The van der Waals surface area contributed by atoms with Gasteiger partial charge < -0.3 is 20.5 Å². The molecule has 0 saturated carbocycles. The number of hydrogen-bond acceptors (Lipinski definition) is 5. The number of carbonyl (C=O) groups is 3. The zero-order valence-corrected chi connectivity index (χ0v) is 14.4. The fourth-order valence-corrected chi connectivity index (χ4v) is 2.47. The first kappa shape index (κ1) is 18.0. The molecule has 3 rings (SSSR count). The van der Waals surface area contributed by atoms with Crippen LogP contribution < -0.4 is 15.4 Å². The molecule has 0 spiro atoms. The van der Waals surface area contributed by atoms with E-state index in [1.807, 2.05) is 0 Å². The van der Waals surface area contributed by atoms with E-state index in [0.717, 1.165) is 4.90 Å². The molecule has 1 heterocycles. The van der Waals surface area contributed by atoms with Gasteiger partial charge in [0, 0.05) is 5.69 Å². The van der Waals surface area contributed by atoms with Crippen LogP contribution in [0.4, 0.5) is 10.5 Å². The smallest absolute Gasteiger partial charge is 0.329 e. The summed E-state index contributed by atoms with van der Waals surface area (Å²) in [6, 6.07) is 12.1. The first-order valence-electron chi connectivity index (χ1n) is 8.04. The van der Waals surface area contributed by atoms with Crippen molar-refractivity contribution in [3.05, 3.63) is 59.8 Å². The second-order valence-corrected chi connectivity index (χ2v) is 5.75. The van der Waals surface area contributed by atoms with Crippen molar-refractivity contribution in [2.75, 3.05) is 19.0 Å². The van der Waals surface area contributed by atoms with Crippen LogP contribution in [0.2, 0.25) is 0 Å². The monoisotopic (exact) mass is 367 g/mol. The van der Waals surface area contributed by atoms with Crippen molar-refractivity contribution in [1.82, 2.24) is 10.2 Å². The van der Waals surface area contributed by atoms with E-state index in [0.29, 0.717) is 17.0 Å². The lowest BCUT2D eigenvalue weighted by molar-refractivity contribution is -0.127. The van der Waals surface area contributed by atoms with E-state index in [2.05, 4.69) is 10.6 Å². The van der Waals surface area contributed by atoms with Crippen molar-refractivity contribution >= 4 is 29.6 Å². The summed E-state index contributed by atoms with van der Waals surface area (Å²) in [6.45, 7) is -0.413. The van der Waals surface area contributed by atoms with Crippen LogP contribution in [0.15, 0.2) is 54.2 Å². The summed E-state index contributed by atoms with van der Waals surface area (Å²) in [7, 11) is 1.54. The Labute approximate surface area is 155 Å². The van der Waals surface area contributed by atoms with Gasteiger partial charge >= 0.3 is 6.03 Å². The molecule has 0 atom stereocenters. The SMILES string of the molecule is COc1ccc(NC(=O)CN2C(=O)N/C(=C\c3ccc(O)cc3)C2=O)cc1. The van der Waals surface area contributed by atoms with E-state index >= 15 is 0 Å². The number of hydrogen-bond donors (Lipinski definition) is 3. The molecule has 0 aromatic heterocycles. The van der Waals surface area contributed by atoms with Crippen LogP contribution in [0.25, 0.3) is 6.08 Å². The van der Waals surface area contributed by atoms with Crippen LogP contribution >= 0.6 is 0 Å². The number of ether oxygens (including phenoxy) is 1. The average molecular weight is 367 g/mol. The number of nitrogens with one attached hydrogen (secondary N) is 2. The highest BCUT2D eigenvalue weighted by atomic mass is 16.5. The van der Waals surface area contributed by atoms with Crippen LogP contribution in [0.5, 0.6) is 11.5 Å². The second kappa shape index (κ2) is 7.61. The molecular weight excluding hydrogens is 350 g/mol. The van der Waals surface area contributed by atoms with Gasteiger partial charge in [-0.15, -0.1) is 0 Å². The molecule has 3 N–H and O–H groups in total. The Bertz CT molecular complexity index is 904. The largest absolute Gasteiger partial charge is 0.508 e. The number of imide groups is 1. The molecule has 0 aliphatic carbocycles. The molecule has 138 valence electrons. The van der Waals surface area contributed by atoms with E-state index < -0.39 is 24.4 Å². The summed E-state index contributed by atoms with van der Waals surface area (Å²) in [5.41, 5.74) is 1.21. The number of phenolic OH excluding ortho intramolecular Hbond substituents is 1. The fraction of sp³-hybridized carbons (Fsp3) is 0.105. The Morgan fingerprint density at radius 1 is 1.15 bits per heavy atom. The lowest BCUT2D eigenvalue weighted by Gasteiger charge is -2.12. The molecule has 0 radical (unpaired) electrons. The van der Waals surface area contributed by atoms with Crippen LogP contribution in [0.3, 0.4) is 0 Å². The van der Waals surface area contributed by atoms with E-state index in [9.17, 15) is 19.5 Å². The van der Waals surface area contributed by atoms with Crippen LogP contribution in [-0.4, -0.2) is 41.5 Å². The van der Waals surface area contributed by atoms with Crippen molar-refractivity contribution in [1.29, 1.82) is 0 Å². The number of urea groups is 1. The highest BCUT2D eigenvalue weighted by Gasteiger charge is 2.34. The molecule has 8 nitrogen and oxygen atoms in total. The first-order valence-corrected chi connectivity index (χ1v) is 8.04. The van der Waals surface area contributed by atoms with E-state index in [-0.39, 0.29) is 11.4 Å². The average Bonchev–Trinajstić information content (AvgIpc) is 2.91. The van der Waals surface area contributed by atoms with Gasteiger partial charge in [-0.1, -0.05) is 12.1 Å². The normalized spacial score (nSPS) is 15.0. The maximum absolute atomic E-state index is 12.4. The topological polar surface area (TPSA) is 108 Å². The minimum atomic E-state index is -0.671. The van der Waals surface area contributed by atoms with Crippen molar-refractivity contribution in [3.63, 3.8) is 0 Å². The van der Waals surface area contributed by atoms with Crippen LogP contribution in [-0.2, 0) is 9.59 Å². The fourth-order valence-electron chi connectivity index (χ4n) is 2.47. The number of anilines is 1. The van der Waals surface area contributed by atoms with Crippen molar-refractivity contribution in [2.45, 2.75) is 0 Å². The summed E-state index contributed by atoms with van der Waals surface area (Å²) < 4.78 is 5.04. The predicted octanol–water partition coefficient (Wildman–Crippen LogP) is 1.93. The summed E-state index contributed by atoms with van der Waals surface area (Å²) in [6.07, 6.45) is 1.47. The van der Waals surface area contributed by atoms with Gasteiger partial charge in [0.2, 0.25) is 5.91 Å². The molecule has 2 aromatic rings. The second-order valence-electron chi connectivity index (χ2n) is 5.75. The highest BCUT2D eigenvalue weighted by molar-refractivity contribution is 6.15. The number of benzene rings is 2. The van der Waals surface area contributed by atoms with Crippen molar-refractivity contribution in [2.24, 2.45) is 0 Å². The number of nitrogens with zero attached hydrogens (tertiary/aromatic N) is 1. The summed E-state index contributed by atoms with van der Waals surface area (Å²) >= 11 is 0. The molecule has 0 bridgehead atoms. The Morgan fingerprint density at radius 2 is 1.81 bits per heavy atom. The number of phenols is 1. The van der Waals surface area contributed by atoms with Gasteiger partial charge in [-0.3, -0.25) is 9.59 Å². The maximum atomic E-state index is 12.4. The predicted molar refractivity (Wildman–Crippen MR) is 98.0 cm³/mol. The summed E-state index contributed by atoms with van der Waals surface area (Å²) in [4.78, 5) is 37.4. The minimum Gasteiger partial charge on any atom is -0.508 e. The maximum Gasteiger partial charge on any atom is 0.329 e. The van der Waals surface area contributed by atoms with Crippen molar-refractivity contribution < 1.29 is 24.2 Å². The highest BCUT2D eigenvalue weighted by Crippen LogP contribution is 2.17. The molecule has 8 heteroatoms. The van der Waals surface area contributed by atoms with Crippen LogP contribution in [0, 0.1) is 0 Å². The number of amides is 4. The number of carbonyl (C=O) groups excluding carboxylic acids is 3. The van der Waals surface area contributed by atoms with E-state index in [4.69, 9.17) is 4.74 Å². The quantitative estimate of drug-likeness (QED) is 0.553. The summed E-state index contributed by atoms with van der Waals surface area (Å²) in [5, 5.41) is 14.3. The molecular formula is C19H17N3O5. The molecule has 27 heavy (non-hydrogen) atoms. The van der Waals surface area contributed by atoms with Crippen LogP contribution in [0.1, 0.15) is 5.56 Å². The third-order valence-electron chi connectivity index (χ3n) is 3.84. The van der Waals surface area contributed by atoms with E-state index in [1.165, 1.54) is 25.3 Å². The molecule has 1 aliphatic heterocycles. The minimum absolute atomic E-state index is 0.0583. The molecule has 1 saturated heterocycles. The van der Waals surface area contributed by atoms with Gasteiger partial charge in [-0.05, 0) is 48.0 Å². The zero-order chi connectivity index (χ0) is 19.4. The molecule has 4 amide bonds. The molecule has 1 fully saturated rings. The zero-order valence-electron chi connectivity index (χ0n) is 14.4. The Morgan fingerprint density at radius 3 is 2.44 bits per heavy atom. The third-order valence-corrected chi connectivity index (χ3v) is 3.84.